The van der Waals surface area contributed by atoms with Crippen LogP contribution < -0.4 is 4.90 Å². The van der Waals surface area contributed by atoms with Gasteiger partial charge in [0.15, 0.2) is 5.13 Å². The molecular formula is C26H33FN4O3S2. The minimum Gasteiger partial charge on any atom is -0.302 e. The van der Waals surface area contributed by atoms with Gasteiger partial charge in [-0.3, -0.25) is 9.69 Å². The third kappa shape index (κ3) is 5.77. The number of aromatic nitrogens is 1. The molecule has 1 aliphatic heterocycles. The molecule has 1 saturated heterocycles. The van der Waals surface area contributed by atoms with E-state index in [0.717, 1.165) is 38.8 Å². The fraction of sp³-hybridized carbons (Fsp3) is 0.462. The first kappa shape index (κ1) is 26.7. The summed E-state index contributed by atoms with van der Waals surface area (Å²) in [6, 6.07) is 10.9. The van der Waals surface area contributed by atoms with E-state index >= 15 is 0 Å². The molecule has 0 unspecified atom stereocenters. The molecule has 0 spiro atoms. The highest BCUT2D eigenvalue weighted by molar-refractivity contribution is 7.89. The highest BCUT2D eigenvalue weighted by Crippen LogP contribution is 2.31. The Morgan fingerprint density at radius 3 is 2.28 bits per heavy atom. The molecule has 0 radical (unpaired) electrons. The number of carbonyl (C=O) groups excluding carboxylic acids is 1. The SMILES string of the molecule is CCN(CC)CCN(C(=O)c1ccc(S(=O)(=O)N2CCCCCC2)cc1)c1nc2c(F)cccc2s1. The van der Waals surface area contributed by atoms with E-state index in [0.29, 0.717) is 41.6 Å². The first-order chi connectivity index (χ1) is 17.3. The number of rotatable bonds is 9. The monoisotopic (exact) mass is 532 g/mol. The van der Waals surface area contributed by atoms with E-state index < -0.39 is 15.8 Å². The van der Waals surface area contributed by atoms with E-state index in [1.165, 1.54) is 29.5 Å². The normalized spacial score (nSPS) is 15.3. The van der Waals surface area contributed by atoms with Crippen LogP contribution in [0.25, 0.3) is 10.2 Å². The number of carbonyl (C=O) groups is 1. The Kier molecular flexibility index (Phi) is 8.71. The van der Waals surface area contributed by atoms with Crippen molar-refractivity contribution in [3.05, 3.63) is 53.8 Å². The first-order valence-corrected chi connectivity index (χ1v) is 14.8. The third-order valence-corrected chi connectivity index (χ3v) is 9.63. The van der Waals surface area contributed by atoms with Crippen LogP contribution in [0.3, 0.4) is 0 Å². The van der Waals surface area contributed by atoms with Gasteiger partial charge in [-0.25, -0.2) is 17.8 Å². The fourth-order valence-corrected chi connectivity index (χ4v) is 6.96. The molecule has 2 aromatic carbocycles. The molecule has 1 amide bonds. The van der Waals surface area contributed by atoms with E-state index in [4.69, 9.17) is 0 Å². The molecular weight excluding hydrogens is 499 g/mol. The second kappa shape index (κ2) is 11.8. The summed E-state index contributed by atoms with van der Waals surface area (Å²) in [5, 5.41) is 0.425. The zero-order valence-corrected chi connectivity index (χ0v) is 22.5. The molecule has 3 aromatic rings. The van der Waals surface area contributed by atoms with Crippen LogP contribution >= 0.6 is 11.3 Å². The molecule has 4 rings (SSSR count). The number of halogens is 1. The number of benzene rings is 2. The number of hydrogen-bond acceptors (Lipinski definition) is 6. The van der Waals surface area contributed by atoms with Crippen molar-refractivity contribution >= 4 is 42.6 Å². The topological polar surface area (TPSA) is 73.8 Å². The van der Waals surface area contributed by atoms with Crippen molar-refractivity contribution in [1.29, 1.82) is 0 Å². The van der Waals surface area contributed by atoms with Crippen molar-refractivity contribution in [3.63, 3.8) is 0 Å². The smallest absolute Gasteiger partial charge is 0.260 e. The lowest BCUT2D eigenvalue weighted by Crippen LogP contribution is -2.39. The van der Waals surface area contributed by atoms with Gasteiger partial charge in [-0.2, -0.15) is 4.31 Å². The third-order valence-electron chi connectivity index (χ3n) is 6.67. The lowest BCUT2D eigenvalue weighted by molar-refractivity contribution is 0.0983. The summed E-state index contributed by atoms with van der Waals surface area (Å²) in [5.41, 5.74) is 0.612. The van der Waals surface area contributed by atoms with Crippen LogP contribution in [0, 0.1) is 5.82 Å². The molecule has 2 heterocycles. The Hall–Kier alpha value is -2.40. The second-order valence-corrected chi connectivity index (χ2v) is 11.9. The molecule has 7 nitrogen and oxygen atoms in total. The largest absolute Gasteiger partial charge is 0.302 e. The standard InChI is InChI=1S/C26H33FN4O3S2/c1-3-29(4-2)18-19-31(26-28-24-22(27)10-9-11-23(24)35-26)25(32)20-12-14-21(15-13-20)36(33,34)30-16-7-5-6-8-17-30/h9-15H,3-8,16-19H2,1-2H3. The number of para-hydroxylation sites is 1. The molecule has 0 aliphatic carbocycles. The average Bonchev–Trinajstić information content (AvgIpc) is 3.12. The van der Waals surface area contributed by atoms with E-state index in [1.807, 2.05) is 0 Å². The van der Waals surface area contributed by atoms with Crippen LogP contribution in [0.5, 0.6) is 0 Å². The number of anilines is 1. The number of fused-ring (bicyclic) bond motifs is 1. The summed E-state index contributed by atoms with van der Waals surface area (Å²) in [4.78, 5) is 22.0. The maximum Gasteiger partial charge on any atom is 0.260 e. The van der Waals surface area contributed by atoms with Gasteiger partial charge in [-0.1, -0.05) is 44.1 Å². The number of thiazole rings is 1. The van der Waals surface area contributed by atoms with Crippen LogP contribution in [0.4, 0.5) is 9.52 Å². The molecule has 0 N–H and O–H groups in total. The maximum atomic E-state index is 14.3. The van der Waals surface area contributed by atoms with E-state index in [9.17, 15) is 17.6 Å². The van der Waals surface area contributed by atoms with Gasteiger partial charge in [-0.05, 0) is 62.3 Å². The van der Waals surface area contributed by atoms with Gasteiger partial charge >= 0.3 is 0 Å². The van der Waals surface area contributed by atoms with Gasteiger partial charge in [0.1, 0.15) is 11.3 Å². The minimum absolute atomic E-state index is 0.192. The molecule has 10 heteroatoms. The number of likely N-dealkylation sites (N-methyl/N-ethyl adjacent to an activating group) is 1. The summed E-state index contributed by atoms with van der Waals surface area (Å²) >= 11 is 1.27. The van der Waals surface area contributed by atoms with Crippen molar-refractivity contribution in [3.8, 4) is 0 Å². The number of nitrogens with zero attached hydrogens (tertiary/aromatic N) is 4. The molecule has 194 valence electrons. The van der Waals surface area contributed by atoms with Gasteiger partial charge in [0, 0.05) is 31.7 Å². The van der Waals surface area contributed by atoms with Crippen molar-refractivity contribution in [1.82, 2.24) is 14.2 Å². The number of hydrogen-bond donors (Lipinski definition) is 0. The fourth-order valence-electron chi connectivity index (χ4n) is 4.44. The zero-order chi connectivity index (χ0) is 25.7. The molecule has 0 saturated carbocycles. The number of sulfonamides is 1. The maximum absolute atomic E-state index is 14.3. The highest BCUT2D eigenvalue weighted by Gasteiger charge is 2.27. The summed E-state index contributed by atoms with van der Waals surface area (Å²) < 4.78 is 42.8. The Morgan fingerprint density at radius 2 is 1.67 bits per heavy atom. The van der Waals surface area contributed by atoms with Crippen LogP contribution in [-0.2, 0) is 10.0 Å². The van der Waals surface area contributed by atoms with E-state index in [2.05, 4.69) is 23.7 Å². The quantitative estimate of drug-likeness (QED) is 0.388. The zero-order valence-electron chi connectivity index (χ0n) is 20.8. The molecule has 1 aromatic heterocycles. The highest BCUT2D eigenvalue weighted by atomic mass is 32.2. The Morgan fingerprint density at radius 1 is 1.00 bits per heavy atom. The summed E-state index contributed by atoms with van der Waals surface area (Å²) in [6.07, 6.45) is 3.80. The summed E-state index contributed by atoms with van der Waals surface area (Å²) in [5.74, 6) is -0.713. The van der Waals surface area contributed by atoms with Crippen LogP contribution in [-0.4, -0.2) is 67.8 Å². The number of amides is 1. The second-order valence-electron chi connectivity index (χ2n) is 8.91. The predicted molar refractivity (Wildman–Crippen MR) is 143 cm³/mol. The van der Waals surface area contributed by atoms with Gasteiger partial charge in [0.25, 0.3) is 5.91 Å². The van der Waals surface area contributed by atoms with Gasteiger partial charge in [-0.15, -0.1) is 0 Å². The Balaban J connectivity index is 1.61. The molecule has 0 atom stereocenters. The van der Waals surface area contributed by atoms with Crippen molar-refractivity contribution < 1.29 is 17.6 Å². The van der Waals surface area contributed by atoms with Gasteiger partial charge in [0.05, 0.1) is 9.60 Å². The molecule has 1 fully saturated rings. The Labute approximate surface area is 216 Å². The Bertz CT molecular complexity index is 1280. The van der Waals surface area contributed by atoms with Crippen LogP contribution in [0.15, 0.2) is 47.4 Å². The lowest BCUT2D eigenvalue weighted by Gasteiger charge is -2.25. The van der Waals surface area contributed by atoms with Crippen LogP contribution in [0.1, 0.15) is 49.9 Å². The average molecular weight is 533 g/mol. The predicted octanol–water partition coefficient (Wildman–Crippen LogP) is 4.99. The molecule has 36 heavy (non-hydrogen) atoms. The van der Waals surface area contributed by atoms with Gasteiger partial charge < -0.3 is 4.90 Å². The van der Waals surface area contributed by atoms with Crippen molar-refractivity contribution in [2.75, 3.05) is 44.2 Å². The summed E-state index contributed by atoms with van der Waals surface area (Å²) in [7, 11) is -3.60. The summed E-state index contributed by atoms with van der Waals surface area (Å²) in [6.45, 7) is 7.88. The molecule has 1 aliphatic rings. The first-order valence-electron chi connectivity index (χ1n) is 12.5. The van der Waals surface area contributed by atoms with Crippen LogP contribution in [0.2, 0.25) is 0 Å². The van der Waals surface area contributed by atoms with Crippen molar-refractivity contribution in [2.45, 2.75) is 44.4 Å². The minimum atomic E-state index is -3.60. The van der Waals surface area contributed by atoms with E-state index in [1.54, 1.807) is 33.5 Å². The lowest BCUT2D eigenvalue weighted by atomic mass is 10.2. The molecule has 0 bridgehead atoms. The van der Waals surface area contributed by atoms with Gasteiger partial charge in [0.2, 0.25) is 10.0 Å². The van der Waals surface area contributed by atoms with Crippen molar-refractivity contribution in [2.24, 2.45) is 0 Å². The van der Waals surface area contributed by atoms with E-state index in [-0.39, 0.29) is 16.3 Å².